The lowest BCUT2D eigenvalue weighted by molar-refractivity contribution is 0.354. The van der Waals surface area contributed by atoms with Gasteiger partial charge in [0.25, 0.3) is 0 Å². The summed E-state index contributed by atoms with van der Waals surface area (Å²) < 4.78 is 59.7. The van der Waals surface area contributed by atoms with E-state index < -0.39 is 20.0 Å². The van der Waals surface area contributed by atoms with Crippen molar-refractivity contribution in [2.45, 2.75) is 16.3 Å². The molecule has 25 heavy (non-hydrogen) atoms. The van der Waals surface area contributed by atoms with E-state index in [0.717, 1.165) is 12.1 Å². The first-order valence-electron chi connectivity index (χ1n) is 7.01. The number of rotatable bonds is 7. The number of nitrogens with one attached hydrogen (secondary N) is 1. The molecule has 0 aromatic heterocycles. The maximum Gasteiger partial charge on any atom is 0.240 e. The zero-order valence-electron chi connectivity index (χ0n) is 13.6. The van der Waals surface area contributed by atoms with Gasteiger partial charge in [-0.25, -0.2) is 26.7 Å². The van der Waals surface area contributed by atoms with Crippen LogP contribution in [0.15, 0.2) is 52.3 Å². The molecule has 0 aliphatic heterocycles. The minimum absolute atomic E-state index is 0.0274. The lowest BCUT2D eigenvalue weighted by Crippen LogP contribution is -2.23. The SMILES string of the molecule is COc1ccc(CNS(=O)(=O)c2ccc(S(N)(=O)=O)cc2)cc1OC. The van der Waals surface area contributed by atoms with Crippen LogP contribution >= 0.6 is 0 Å². The number of hydrogen-bond acceptors (Lipinski definition) is 6. The van der Waals surface area contributed by atoms with Gasteiger partial charge in [-0.2, -0.15) is 0 Å². The molecule has 0 saturated heterocycles. The number of nitrogens with two attached hydrogens (primary N) is 1. The highest BCUT2D eigenvalue weighted by Crippen LogP contribution is 2.27. The summed E-state index contributed by atoms with van der Waals surface area (Å²) in [6.45, 7) is 0.0274. The van der Waals surface area contributed by atoms with Crippen molar-refractivity contribution < 1.29 is 26.3 Å². The molecular weight excluding hydrogens is 368 g/mol. The van der Waals surface area contributed by atoms with Crippen LogP contribution in [0.2, 0.25) is 0 Å². The number of methoxy groups -OCH3 is 2. The van der Waals surface area contributed by atoms with Crippen LogP contribution in [0.4, 0.5) is 0 Å². The topological polar surface area (TPSA) is 125 Å². The molecule has 0 aliphatic rings. The van der Waals surface area contributed by atoms with E-state index in [-0.39, 0.29) is 16.3 Å². The highest BCUT2D eigenvalue weighted by molar-refractivity contribution is 7.89. The Balaban J connectivity index is 2.16. The zero-order valence-corrected chi connectivity index (χ0v) is 15.2. The Bertz CT molecular complexity index is 954. The summed E-state index contributed by atoms with van der Waals surface area (Å²) in [7, 11) is -4.70. The third-order valence-corrected chi connectivity index (χ3v) is 5.72. The van der Waals surface area contributed by atoms with Crippen LogP contribution in [0.25, 0.3) is 0 Å². The molecule has 2 aromatic carbocycles. The maximum atomic E-state index is 12.3. The highest BCUT2D eigenvalue weighted by atomic mass is 32.2. The van der Waals surface area contributed by atoms with Crippen molar-refractivity contribution in [2.75, 3.05) is 14.2 Å². The van der Waals surface area contributed by atoms with Gasteiger partial charge in [-0.3, -0.25) is 0 Å². The third kappa shape index (κ3) is 4.69. The summed E-state index contributed by atoms with van der Waals surface area (Å²) in [5.74, 6) is 1.02. The largest absolute Gasteiger partial charge is 0.493 e. The van der Waals surface area contributed by atoms with E-state index in [1.165, 1.54) is 26.4 Å². The fourth-order valence-electron chi connectivity index (χ4n) is 2.06. The molecule has 0 bridgehead atoms. The fourth-order valence-corrected chi connectivity index (χ4v) is 3.59. The zero-order chi connectivity index (χ0) is 18.7. The first-order valence-corrected chi connectivity index (χ1v) is 10.0. The van der Waals surface area contributed by atoms with Crippen LogP contribution in [-0.4, -0.2) is 31.1 Å². The van der Waals surface area contributed by atoms with Gasteiger partial charge in [-0.15, -0.1) is 0 Å². The molecule has 8 nitrogen and oxygen atoms in total. The van der Waals surface area contributed by atoms with Crippen LogP contribution in [0, 0.1) is 0 Å². The first kappa shape index (κ1) is 19.2. The predicted molar refractivity (Wildman–Crippen MR) is 91.4 cm³/mol. The lowest BCUT2D eigenvalue weighted by Gasteiger charge is -2.11. The van der Waals surface area contributed by atoms with Crippen LogP contribution in [0.5, 0.6) is 11.5 Å². The molecule has 0 atom stereocenters. The van der Waals surface area contributed by atoms with Gasteiger partial charge in [0, 0.05) is 6.54 Å². The monoisotopic (exact) mass is 386 g/mol. The van der Waals surface area contributed by atoms with Crippen molar-refractivity contribution in [3.63, 3.8) is 0 Å². The van der Waals surface area contributed by atoms with Crippen molar-refractivity contribution >= 4 is 20.0 Å². The quantitative estimate of drug-likeness (QED) is 0.726. The standard InChI is InChI=1S/C15H18N2O6S2/c1-22-14-8-3-11(9-15(14)23-2)10-17-25(20,21)13-6-4-12(5-7-13)24(16,18)19/h3-9,17H,10H2,1-2H3,(H2,16,18,19). The van der Waals surface area contributed by atoms with Gasteiger partial charge >= 0.3 is 0 Å². The molecule has 0 fully saturated rings. The Morgan fingerprint density at radius 3 is 1.96 bits per heavy atom. The van der Waals surface area contributed by atoms with Gasteiger partial charge in [-0.1, -0.05) is 6.07 Å². The van der Waals surface area contributed by atoms with Crippen molar-refractivity contribution in [1.29, 1.82) is 0 Å². The molecule has 3 N–H and O–H groups in total. The number of benzene rings is 2. The molecule has 0 radical (unpaired) electrons. The number of ether oxygens (including phenoxy) is 2. The van der Waals surface area contributed by atoms with E-state index in [2.05, 4.69) is 4.72 Å². The summed E-state index contributed by atoms with van der Waals surface area (Å²) in [4.78, 5) is -0.230. The lowest BCUT2D eigenvalue weighted by atomic mass is 10.2. The normalized spacial score (nSPS) is 12.0. The summed E-state index contributed by atoms with van der Waals surface area (Å²) >= 11 is 0. The third-order valence-electron chi connectivity index (χ3n) is 3.38. The second kappa shape index (κ2) is 7.40. The van der Waals surface area contributed by atoms with E-state index in [9.17, 15) is 16.8 Å². The molecule has 10 heteroatoms. The first-order chi connectivity index (χ1) is 11.7. The highest BCUT2D eigenvalue weighted by Gasteiger charge is 2.16. The Kier molecular flexibility index (Phi) is 5.68. The van der Waals surface area contributed by atoms with Crippen LogP contribution in [0.1, 0.15) is 5.56 Å². The van der Waals surface area contributed by atoms with Gasteiger partial charge in [0.05, 0.1) is 24.0 Å². The molecule has 0 aliphatic carbocycles. The summed E-state index contributed by atoms with van der Waals surface area (Å²) in [6.07, 6.45) is 0. The Labute approximate surface area is 146 Å². The molecule has 0 heterocycles. The molecule has 0 saturated carbocycles. The van der Waals surface area contributed by atoms with E-state index >= 15 is 0 Å². The number of primary sulfonamides is 1. The van der Waals surface area contributed by atoms with Gasteiger partial charge in [0.2, 0.25) is 20.0 Å². The minimum atomic E-state index is -3.88. The van der Waals surface area contributed by atoms with Crippen molar-refractivity contribution in [2.24, 2.45) is 5.14 Å². The van der Waals surface area contributed by atoms with Crippen LogP contribution in [0.3, 0.4) is 0 Å². The van der Waals surface area contributed by atoms with Crippen molar-refractivity contribution in [3.8, 4) is 11.5 Å². The van der Waals surface area contributed by atoms with E-state index in [4.69, 9.17) is 14.6 Å². The van der Waals surface area contributed by atoms with Gasteiger partial charge in [-0.05, 0) is 42.0 Å². The van der Waals surface area contributed by atoms with Crippen LogP contribution in [-0.2, 0) is 26.6 Å². The minimum Gasteiger partial charge on any atom is -0.493 e. The van der Waals surface area contributed by atoms with E-state index in [1.807, 2.05) is 0 Å². The van der Waals surface area contributed by atoms with E-state index in [1.54, 1.807) is 18.2 Å². The molecule has 2 aromatic rings. The van der Waals surface area contributed by atoms with Crippen molar-refractivity contribution in [3.05, 3.63) is 48.0 Å². The van der Waals surface area contributed by atoms with Gasteiger partial charge < -0.3 is 9.47 Å². The Morgan fingerprint density at radius 2 is 1.44 bits per heavy atom. The summed E-state index contributed by atoms with van der Waals surface area (Å²) in [5, 5.41) is 4.99. The summed E-state index contributed by atoms with van der Waals surface area (Å²) in [6, 6.07) is 9.66. The maximum absolute atomic E-state index is 12.3. The second-order valence-electron chi connectivity index (χ2n) is 5.03. The molecule has 136 valence electrons. The Hall–Kier alpha value is -2.14. The molecular formula is C15H18N2O6S2. The second-order valence-corrected chi connectivity index (χ2v) is 8.36. The molecule has 0 spiro atoms. The molecule has 0 unspecified atom stereocenters. The van der Waals surface area contributed by atoms with Gasteiger partial charge in [0.1, 0.15) is 0 Å². The number of sulfonamides is 2. The number of hydrogen-bond donors (Lipinski definition) is 2. The fraction of sp³-hybridized carbons (Fsp3) is 0.200. The van der Waals surface area contributed by atoms with Gasteiger partial charge in [0.15, 0.2) is 11.5 Å². The predicted octanol–water partition coefficient (Wildman–Crippen LogP) is 0.830. The van der Waals surface area contributed by atoms with Crippen molar-refractivity contribution in [1.82, 2.24) is 4.72 Å². The summed E-state index contributed by atoms with van der Waals surface area (Å²) in [5.41, 5.74) is 0.669. The smallest absolute Gasteiger partial charge is 0.240 e. The van der Waals surface area contributed by atoms with E-state index in [0.29, 0.717) is 17.1 Å². The Morgan fingerprint density at radius 1 is 0.880 bits per heavy atom. The molecule has 2 rings (SSSR count). The molecule has 0 amide bonds. The van der Waals surface area contributed by atoms with Crippen LogP contribution < -0.4 is 19.3 Å². The average molecular weight is 386 g/mol. The average Bonchev–Trinajstić information content (AvgIpc) is 2.59.